The molecule has 0 bridgehead atoms. The summed E-state index contributed by atoms with van der Waals surface area (Å²) < 4.78 is 10.1. The Labute approximate surface area is 109 Å². The van der Waals surface area contributed by atoms with Gasteiger partial charge in [0.05, 0.1) is 19.8 Å². The van der Waals surface area contributed by atoms with E-state index in [4.69, 9.17) is 15.2 Å². The lowest BCUT2D eigenvalue weighted by atomic mass is 10.1. The van der Waals surface area contributed by atoms with Gasteiger partial charge in [0.2, 0.25) is 5.91 Å². The van der Waals surface area contributed by atoms with E-state index in [-0.39, 0.29) is 30.3 Å². The molecule has 5 nitrogen and oxygen atoms in total. The maximum Gasteiger partial charge on any atom is 0.223 e. The molecule has 102 valence electrons. The van der Waals surface area contributed by atoms with Gasteiger partial charge in [-0.1, -0.05) is 0 Å². The molecule has 3 N–H and O–H groups in total. The topological polar surface area (TPSA) is 73.6 Å². The Morgan fingerprint density at radius 1 is 1.35 bits per heavy atom. The maximum absolute atomic E-state index is 11.6. The number of carbonyl (C=O) groups is 1. The van der Waals surface area contributed by atoms with Crippen LogP contribution >= 0.6 is 12.4 Å². The highest BCUT2D eigenvalue weighted by Crippen LogP contribution is 2.23. The molecule has 1 aliphatic carbocycles. The number of nitrogens with one attached hydrogen (secondary N) is 1. The van der Waals surface area contributed by atoms with Gasteiger partial charge in [0, 0.05) is 25.6 Å². The second-order valence-electron chi connectivity index (χ2n) is 4.17. The molecule has 1 fully saturated rings. The molecule has 17 heavy (non-hydrogen) atoms. The van der Waals surface area contributed by atoms with Crippen LogP contribution in [0.2, 0.25) is 0 Å². The van der Waals surface area contributed by atoms with E-state index in [9.17, 15) is 4.79 Å². The normalized spacial score (nSPS) is 23.2. The summed E-state index contributed by atoms with van der Waals surface area (Å²) in [7, 11) is 1.63. The van der Waals surface area contributed by atoms with Crippen LogP contribution < -0.4 is 11.1 Å². The van der Waals surface area contributed by atoms with Crippen LogP contribution in [0.5, 0.6) is 0 Å². The number of ether oxygens (including phenoxy) is 2. The zero-order chi connectivity index (χ0) is 11.8. The molecule has 0 aromatic carbocycles. The lowest BCUT2D eigenvalue weighted by Crippen LogP contribution is -2.33. The number of hydrogen-bond acceptors (Lipinski definition) is 4. The smallest absolute Gasteiger partial charge is 0.223 e. The minimum atomic E-state index is 0. The fourth-order valence-electron chi connectivity index (χ4n) is 1.89. The van der Waals surface area contributed by atoms with Gasteiger partial charge in [-0.15, -0.1) is 12.4 Å². The van der Waals surface area contributed by atoms with Crippen molar-refractivity contribution in [2.24, 2.45) is 11.7 Å². The van der Waals surface area contributed by atoms with Crippen LogP contribution in [-0.4, -0.2) is 45.4 Å². The highest BCUT2D eigenvalue weighted by atomic mass is 35.5. The van der Waals surface area contributed by atoms with Crippen LogP contribution in [-0.2, 0) is 14.3 Å². The van der Waals surface area contributed by atoms with E-state index in [1.54, 1.807) is 7.11 Å². The predicted molar refractivity (Wildman–Crippen MR) is 68.3 cm³/mol. The fourth-order valence-corrected chi connectivity index (χ4v) is 1.89. The Balaban J connectivity index is 0.00000256. The van der Waals surface area contributed by atoms with Crippen LogP contribution in [0.15, 0.2) is 0 Å². The van der Waals surface area contributed by atoms with E-state index in [1.807, 2.05) is 0 Å². The highest BCUT2D eigenvalue weighted by Gasteiger charge is 2.27. The Kier molecular flexibility index (Phi) is 9.44. The van der Waals surface area contributed by atoms with Gasteiger partial charge in [-0.25, -0.2) is 0 Å². The van der Waals surface area contributed by atoms with Gasteiger partial charge in [0.25, 0.3) is 0 Å². The summed E-state index contributed by atoms with van der Waals surface area (Å²) in [5.41, 5.74) is 5.75. The van der Waals surface area contributed by atoms with Gasteiger partial charge in [-0.3, -0.25) is 4.79 Å². The third-order valence-corrected chi connectivity index (χ3v) is 2.82. The number of methoxy groups -OCH3 is 1. The van der Waals surface area contributed by atoms with Crippen molar-refractivity contribution in [3.8, 4) is 0 Å². The van der Waals surface area contributed by atoms with Gasteiger partial charge in [0.15, 0.2) is 0 Å². The van der Waals surface area contributed by atoms with Gasteiger partial charge in [-0.05, 0) is 19.3 Å². The third-order valence-electron chi connectivity index (χ3n) is 2.82. The average molecular weight is 267 g/mol. The summed E-state index contributed by atoms with van der Waals surface area (Å²) in [4.78, 5) is 11.6. The molecule has 1 aliphatic rings. The van der Waals surface area contributed by atoms with Crippen molar-refractivity contribution in [1.82, 2.24) is 5.32 Å². The van der Waals surface area contributed by atoms with Crippen molar-refractivity contribution in [2.45, 2.75) is 25.3 Å². The van der Waals surface area contributed by atoms with Gasteiger partial charge in [0.1, 0.15) is 0 Å². The number of nitrogens with two attached hydrogens (primary N) is 1. The zero-order valence-corrected chi connectivity index (χ0v) is 11.1. The molecule has 1 saturated carbocycles. The summed E-state index contributed by atoms with van der Waals surface area (Å²) in [6.07, 6.45) is 2.69. The molecule has 1 amide bonds. The summed E-state index contributed by atoms with van der Waals surface area (Å²) >= 11 is 0. The largest absolute Gasteiger partial charge is 0.382 e. The fraction of sp³-hybridized carbons (Fsp3) is 0.909. The molecular formula is C11H23ClN2O3. The molecule has 0 aliphatic heterocycles. The van der Waals surface area contributed by atoms with E-state index in [0.717, 1.165) is 19.3 Å². The minimum absolute atomic E-state index is 0. The Morgan fingerprint density at radius 3 is 2.71 bits per heavy atom. The Morgan fingerprint density at radius 2 is 2.12 bits per heavy atom. The molecule has 2 atom stereocenters. The van der Waals surface area contributed by atoms with Gasteiger partial charge < -0.3 is 20.5 Å². The van der Waals surface area contributed by atoms with Crippen LogP contribution in [0.4, 0.5) is 0 Å². The van der Waals surface area contributed by atoms with Gasteiger partial charge in [-0.2, -0.15) is 0 Å². The summed E-state index contributed by atoms with van der Waals surface area (Å²) in [6, 6.07) is 0.203. The van der Waals surface area contributed by atoms with Crippen LogP contribution in [0.25, 0.3) is 0 Å². The summed E-state index contributed by atoms with van der Waals surface area (Å²) in [6.45, 7) is 2.26. The molecule has 1 rings (SSSR count). The molecule has 0 radical (unpaired) electrons. The predicted octanol–water partition coefficient (Wildman–Crippen LogP) is 0.315. The first-order chi connectivity index (χ1) is 7.74. The van der Waals surface area contributed by atoms with Gasteiger partial charge >= 0.3 is 0 Å². The van der Waals surface area contributed by atoms with Crippen molar-refractivity contribution in [1.29, 1.82) is 0 Å². The SMILES string of the molecule is COCCOCCNC(=O)C1CCC(N)C1.Cl. The molecular weight excluding hydrogens is 244 g/mol. The average Bonchev–Trinajstić information content (AvgIpc) is 2.70. The molecule has 0 spiro atoms. The number of rotatable bonds is 7. The van der Waals surface area contributed by atoms with Crippen molar-refractivity contribution >= 4 is 18.3 Å². The van der Waals surface area contributed by atoms with E-state index in [1.165, 1.54) is 0 Å². The number of halogens is 1. The monoisotopic (exact) mass is 266 g/mol. The van der Waals surface area contributed by atoms with Crippen LogP contribution in [0.3, 0.4) is 0 Å². The number of hydrogen-bond donors (Lipinski definition) is 2. The minimum Gasteiger partial charge on any atom is -0.382 e. The van der Waals surface area contributed by atoms with E-state index >= 15 is 0 Å². The molecule has 2 unspecified atom stereocenters. The van der Waals surface area contributed by atoms with Crippen molar-refractivity contribution in [3.05, 3.63) is 0 Å². The Hall–Kier alpha value is -0.360. The first-order valence-corrected chi connectivity index (χ1v) is 5.84. The third kappa shape index (κ3) is 6.83. The first-order valence-electron chi connectivity index (χ1n) is 5.84. The number of amides is 1. The van der Waals surface area contributed by atoms with E-state index in [0.29, 0.717) is 26.4 Å². The van der Waals surface area contributed by atoms with Crippen LogP contribution in [0, 0.1) is 5.92 Å². The van der Waals surface area contributed by atoms with E-state index in [2.05, 4.69) is 5.32 Å². The molecule has 0 aromatic rings. The summed E-state index contributed by atoms with van der Waals surface area (Å²) in [5, 5.41) is 2.86. The first kappa shape index (κ1) is 16.6. The molecule has 0 saturated heterocycles. The zero-order valence-electron chi connectivity index (χ0n) is 10.3. The van der Waals surface area contributed by atoms with Crippen molar-refractivity contribution < 1.29 is 14.3 Å². The molecule has 6 heteroatoms. The van der Waals surface area contributed by atoms with Crippen molar-refractivity contribution in [2.75, 3.05) is 33.5 Å². The maximum atomic E-state index is 11.6. The van der Waals surface area contributed by atoms with Crippen molar-refractivity contribution in [3.63, 3.8) is 0 Å². The number of carbonyl (C=O) groups excluding carboxylic acids is 1. The quantitative estimate of drug-likeness (QED) is 0.651. The second-order valence-corrected chi connectivity index (χ2v) is 4.17. The lowest BCUT2D eigenvalue weighted by molar-refractivity contribution is -0.125. The van der Waals surface area contributed by atoms with Crippen LogP contribution in [0.1, 0.15) is 19.3 Å². The molecule has 0 heterocycles. The standard InChI is InChI=1S/C11H22N2O3.ClH/c1-15-6-7-16-5-4-13-11(14)9-2-3-10(12)8-9;/h9-10H,2-8,12H2,1H3,(H,13,14);1H. The highest BCUT2D eigenvalue weighted by molar-refractivity contribution is 5.85. The van der Waals surface area contributed by atoms with E-state index < -0.39 is 0 Å². The Bertz CT molecular complexity index is 217. The molecule has 0 aromatic heterocycles. The lowest BCUT2D eigenvalue weighted by Gasteiger charge is -2.10. The second kappa shape index (κ2) is 9.65. The summed E-state index contributed by atoms with van der Waals surface area (Å²) in [5.74, 6) is 0.220.